The number of aromatic amines is 1. The Balaban J connectivity index is 1.40. The highest BCUT2D eigenvalue weighted by Gasteiger charge is 2.23. The van der Waals surface area contributed by atoms with Gasteiger partial charge in [0.25, 0.3) is 5.91 Å². The van der Waals surface area contributed by atoms with Crippen LogP contribution in [-0.4, -0.2) is 64.6 Å². The Kier molecular flexibility index (Phi) is 4.44. The zero-order valence-electron chi connectivity index (χ0n) is 13.9. The molecule has 2 aromatic rings. The SMILES string of the molecule is O=C1OCCN1CCc1nc(-c2c[nH]c(C(=O)N3CCCC3)c2)cs1. The van der Waals surface area contributed by atoms with Crippen LogP contribution in [0, 0.1) is 0 Å². The third-order valence-corrected chi connectivity index (χ3v) is 5.50. The highest BCUT2D eigenvalue weighted by atomic mass is 32.1. The molecule has 0 spiro atoms. The van der Waals surface area contributed by atoms with Gasteiger partial charge in [0.1, 0.15) is 12.3 Å². The number of aromatic nitrogens is 2. The van der Waals surface area contributed by atoms with E-state index in [-0.39, 0.29) is 12.0 Å². The van der Waals surface area contributed by atoms with Gasteiger partial charge in [-0.2, -0.15) is 0 Å². The van der Waals surface area contributed by atoms with Crippen molar-refractivity contribution in [2.75, 3.05) is 32.8 Å². The maximum atomic E-state index is 12.4. The van der Waals surface area contributed by atoms with Gasteiger partial charge < -0.3 is 19.5 Å². The molecule has 0 atom stereocenters. The number of amides is 2. The molecule has 0 aliphatic carbocycles. The predicted octanol–water partition coefficient (Wildman–Crippen LogP) is 2.37. The molecule has 4 rings (SSSR count). The van der Waals surface area contributed by atoms with Gasteiger partial charge in [-0.25, -0.2) is 9.78 Å². The Hall–Kier alpha value is -2.35. The molecule has 2 aromatic heterocycles. The number of nitrogens with one attached hydrogen (secondary N) is 1. The van der Waals surface area contributed by atoms with Crippen LogP contribution in [0.1, 0.15) is 28.3 Å². The summed E-state index contributed by atoms with van der Waals surface area (Å²) >= 11 is 1.57. The zero-order chi connectivity index (χ0) is 17.2. The summed E-state index contributed by atoms with van der Waals surface area (Å²) in [4.78, 5) is 35.1. The monoisotopic (exact) mass is 360 g/mol. The molecule has 0 unspecified atom stereocenters. The third-order valence-electron chi connectivity index (χ3n) is 4.59. The summed E-state index contributed by atoms with van der Waals surface area (Å²) in [6.07, 6.45) is 4.47. The first-order valence-corrected chi connectivity index (χ1v) is 9.43. The predicted molar refractivity (Wildman–Crippen MR) is 93.7 cm³/mol. The van der Waals surface area contributed by atoms with Crippen molar-refractivity contribution in [3.8, 4) is 11.3 Å². The van der Waals surface area contributed by atoms with Gasteiger partial charge in [0.15, 0.2) is 0 Å². The summed E-state index contributed by atoms with van der Waals surface area (Å²) < 4.78 is 4.93. The van der Waals surface area contributed by atoms with Crippen molar-refractivity contribution in [3.05, 3.63) is 28.3 Å². The standard InChI is InChI=1S/C17H20N4O3S/c22-16(20-4-1-2-5-20)13-9-12(10-18-13)14-11-25-15(19-14)3-6-21-7-8-24-17(21)23/h9-11,18H,1-8H2. The number of cyclic esters (lactones) is 1. The van der Waals surface area contributed by atoms with Gasteiger partial charge in [-0.05, 0) is 18.9 Å². The lowest BCUT2D eigenvalue weighted by atomic mass is 10.2. The molecule has 2 aliphatic heterocycles. The lowest BCUT2D eigenvalue weighted by Crippen LogP contribution is -2.27. The second kappa shape index (κ2) is 6.87. The molecule has 4 heterocycles. The van der Waals surface area contributed by atoms with Crippen LogP contribution in [0.4, 0.5) is 4.79 Å². The molecule has 7 nitrogen and oxygen atoms in total. The largest absolute Gasteiger partial charge is 0.448 e. The molecule has 0 radical (unpaired) electrons. The van der Waals surface area contributed by atoms with Crippen molar-refractivity contribution < 1.29 is 14.3 Å². The number of hydrogen-bond acceptors (Lipinski definition) is 5. The number of ether oxygens (including phenoxy) is 1. The maximum absolute atomic E-state index is 12.4. The summed E-state index contributed by atoms with van der Waals surface area (Å²) in [7, 11) is 0. The topological polar surface area (TPSA) is 78.5 Å². The van der Waals surface area contributed by atoms with Crippen LogP contribution in [0.15, 0.2) is 17.6 Å². The molecule has 2 saturated heterocycles. The van der Waals surface area contributed by atoms with E-state index in [1.807, 2.05) is 22.5 Å². The number of carbonyl (C=O) groups is 2. The Morgan fingerprint density at radius 1 is 1.32 bits per heavy atom. The van der Waals surface area contributed by atoms with E-state index in [1.54, 1.807) is 16.2 Å². The summed E-state index contributed by atoms with van der Waals surface area (Å²) in [6.45, 7) is 3.42. The Bertz CT molecular complexity index is 778. The number of nitrogens with zero attached hydrogens (tertiary/aromatic N) is 3. The zero-order valence-corrected chi connectivity index (χ0v) is 14.7. The molecule has 8 heteroatoms. The molecule has 0 bridgehead atoms. The molecule has 0 aromatic carbocycles. The first kappa shape index (κ1) is 16.1. The van der Waals surface area contributed by atoms with E-state index in [2.05, 4.69) is 9.97 Å². The summed E-state index contributed by atoms with van der Waals surface area (Å²) in [6, 6.07) is 1.87. The number of H-pyrrole nitrogens is 1. The number of rotatable bonds is 5. The van der Waals surface area contributed by atoms with E-state index in [4.69, 9.17) is 4.74 Å². The Morgan fingerprint density at radius 2 is 2.16 bits per heavy atom. The molecule has 1 N–H and O–H groups in total. The fourth-order valence-electron chi connectivity index (χ4n) is 3.17. The highest BCUT2D eigenvalue weighted by molar-refractivity contribution is 7.09. The highest BCUT2D eigenvalue weighted by Crippen LogP contribution is 2.24. The molecule has 25 heavy (non-hydrogen) atoms. The van der Waals surface area contributed by atoms with E-state index >= 15 is 0 Å². The average Bonchev–Trinajstić information content (AvgIpc) is 3.37. The van der Waals surface area contributed by atoms with Gasteiger partial charge in [-0.1, -0.05) is 0 Å². The van der Waals surface area contributed by atoms with Crippen LogP contribution in [0.5, 0.6) is 0 Å². The molecule has 2 amide bonds. The molecule has 2 fully saturated rings. The summed E-state index contributed by atoms with van der Waals surface area (Å²) in [5.74, 6) is 0.0618. The minimum Gasteiger partial charge on any atom is -0.448 e. The molecular weight excluding hydrogens is 340 g/mol. The van der Waals surface area contributed by atoms with E-state index in [9.17, 15) is 9.59 Å². The first-order valence-electron chi connectivity index (χ1n) is 8.55. The molecular formula is C17H20N4O3S. The molecule has 0 saturated carbocycles. The molecule has 2 aliphatic rings. The van der Waals surface area contributed by atoms with Gasteiger partial charge in [0.05, 0.1) is 17.2 Å². The van der Waals surface area contributed by atoms with Crippen LogP contribution in [0.2, 0.25) is 0 Å². The number of carbonyl (C=O) groups excluding carboxylic acids is 2. The van der Waals surface area contributed by atoms with Crippen LogP contribution in [0.3, 0.4) is 0 Å². The lowest BCUT2D eigenvalue weighted by molar-refractivity contribution is 0.0787. The van der Waals surface area contributed by atoms with Crippen molar-refractivity contribution in [2.24, 2.45) is 0 Å². The van der Waals surface area contributed by atoms with Gasteiger partial charge in [-0.15, -0.1) is 11.3 Å². The van der Waals surface area contributed by atoms with Gasteiger partial charge in [0.2, 0.25) is 0 Å². The van der Waals surface area contributed by atoms with Crippen molar-refractivity contribution >= 4 is 23.3 Å². The van der Waals surface area contributed by atoms with Crippen molar-refractivity contribution in [2.45, 2.75) is 19.3 Å². The summed E-state index contributed by atoms with van der Waals surface area (Å²) in [5.41, 5.74) is 2.40. The van der Waals surface area contributed by atoms with Crippen molar-refractivity contribution in [3.63, 3.8) is 0 Å². The number of likely N-dealkylation sites (tertiary alicyclic amines) is 1. The lowest BCUT2D eigenvalue weighted by Gasteiger charge is -2.13. The fraction of sp³-hybridized carbons (Fsp3) is 0.471. The van der Waals surface area contributed by atoms with Gasteiger partial charge in [0, 0.05) is 43.2 Å². The second-order valence-electron chi connectivity index (χ2n) is 6.28. The third kappa shape index (κ3) is 3.39. The Labute approximate surface area is 149 Å². The minimum atomic E-state index is -0.243. The number of thiazole rings is 1. The molecule has 132 valence electrons. The normalized spacial score (nSPS) is 17.4. The smallest absolute Gasteiger partial charge is 0.409 e. The van der Waals surface area contributed by atoms with Crippen molar-refractivity contribution in [1.29, 1.82) is 0 Å². The summed E-state index contributed by atoms with van der Waals surface area (Å²) in [5, 5.41) is 2.97. The first-order chi connectivity index (χ1) is 12.2. The van der Waals surface area contributed by atoms with Crippen LogP contribution in [0.25, 0.3) is 11.3 Å². The Morgan fingerprint density at radius 3 is 2.92 bits per heavy atom. The van der Waals surface area contributed by atoms with E-state index in [1.165, 1.54) is 0 Å². The minimum absolute atomic E-state index is 0.0618. The average molecular weight is 360 g/mol. The van der Waals surface area contributed by atoms with E-state index in [0.29, 0.717) is 31.8 Å². The van der Waals surface area contributed by atoms with E-state index in [0.717, 1.165) is 42.2 Å². The second-order valence-corrected chi connectivity index (χ2v) is 7.22. The van der Waals surface area contributed by atoms with Crippen molar-refractivity contribution in [1.82, 2.24) is 19.8 Å². The quantitative estimate of drug-likeness (QED) is 0.888. The van der Waals surface area contributed by atoms with Gasteiger partial charge in [-0.3, -0.25) is 4.79 Å². The van der Waals surface area contributed by atoms with Crippen LogP contribution >= 0.6 is 11.3 Å². The number of hydrogen-bond donors (Lipinski definition) is 1. The van der Waals surface area contributed by atoms with E-state index < -0.39 is 0 Å². The maximum Gasteiger partial charge on any atom is 0.409 e. The van der Waals surface area contributed by atoms with Gasteiger partial charge >= 0.3 is 6.09 Å². The van der Waals surface area contributed by atoms with Crippen LogP contribution in [-0.2, 0) is 11.2 Å². The van der Waals surface area contributed by atoms with Crippen LogP contribution < -0.4 is 0 Å². The fourth-order valence-corrected chi connectivity index (χ4v) is 3.97.